The third-order valence-corrected chi connectivity index (χ3v) is 3.59. The number of benzene rings is 1. The van der Waals surface area contributed by atoms with Gasteiger partial charge in [0.25, 0.3) is 5.91 Å². The van der Waals surface area contributed by atoms with E-state index in [0.717, 1.165) is 0 Å². The molecule has 1 aliphatic heterocycles. The van der Waals surface area contributed by atoms with Gasteiger partial charge in [0.1, 0.15) is 12.4 Å². The number of carbonyl (C=O) groups is 3. The Balaban J connectivity index is 2.14. The number of hydrogen-bond acceptors (Lipinski definition) is 5. The van der Waals surface area contributed by atoms with Gasteiger partial charge in [-0.2, -0.15) is 0 Å². The zero-order chi connectivity index (χ0) is 18.4. The monoisotopic (exact) mass is 347 g/mol. The molecule has 1 unspecified atom stereocenters. The summed E-state index contributed by atoms with van der Waals surface area (Å²) in [5, 5.41) is 7.73. The third-order valence-electron chi connectivity index (χ3n) is 3.59. The van der Waals surface area contributed by atoms with Crippen LogP contribution >= 0.6 is 0 Å². The first-order valence-electron chi connectivity index (χ1n) is 7.88. The van der Waals surface area contributed by atoms with Crippen molar-refractivity contribution in [1.82, 2.24) is 16.0 Å². The molecule has 0 fully saturated rings. The minimum absolute atomic E-state index is 0.00870. The Morgan fingerprint density at radius 2 is 1.92 bits per heavy atom. The van der Waals surface area contributed by atoms with Crippen molar-refractivity contribution in [3.63, 3.8) is 0 Å². The van der Waals surface area contributed by atoms with Crippen LogP contribution in [-0.2, 0) is 9.53 Å². The first kappa shape index (κ1) is 18.3. The van der Waals surface area contributed by atoms with E-state index < -0.39 is 18.0 Å². The SMILES string of the molecule is CCOC(=O)C1=C(COc2ccc(C(=O)NC)cc2)NC(=O)NC1C. The van der Waals surface area contributed by atoms with E-state index >= 15 is 0 Å². The van der Waals surface area contributed by atoms with Crippen LogP contribution in [0, 0.1) is 0 Å². The maximum Gasteiger partial charge on any atom is 0.338 e. The van der Waals surface area contributed by atoms with Gasteiger partial charge in [-0.15, -0.1) is 0 Å². The summed E-state index contributed by atoms with van der Waals surface area (Å²) in [5.41, 5.74) is 1.18. The third kappa shape index (κ3) is 4.50. The molecule has 0 saturated heterocycles. The average Bonchev–Trinajstić information content (AvgIpc) is 2.59. The predicted molar refractivity (Wildman–Crippen MR) is 90.1 cm³/mol. The molecule has 1 aromatic carbocycles. The molecular weight excluding hydrogens is 326 g/mol. The zero-order valence-electron chi connectivity index (χ0n) is 14.3. The number of ether oxygens (including phenoxy) is 2. The molecule has 8 nitrogen and oxygen atoms in total. The molecule has 1 atom stereocenters. The highest BCUT2D eigenvalue weighted by Gasteiger charge is 2.29. The van der Waals surface area contributed by atoms with Gasteiger partial charge in [0.15, 0.2) is 0 Å². The van der Waals surface area contributed by atoms with Crippen LogP contribution in [0.15, 0.2) is 35.5 Å². The minimum Gasteiger partial charge on any atom is -0.487 e. The van der Waals surface area contributed by atoms with Crippen molar-refractivity contribution < 1.29 is 23.9 Å². The molecule has 1 aromatic rings. The van der Waals surface area contributed by atoms with Crippen molar-refractivity contribution in [2.45, 2.75) is 19.9 Å². The van der Waals surface area contributed by atoms with Gasteiger partial charge in [0, 0.05) is 12.6 Å². The van der Waals surface area contributed by atoms with E-state index in [1.54, 1.807) is 45.2 Å². The van der Waals surface area contributed by atoms with Gasteiger partial charge in [0.05, 0.1) is 23.9 Å². The summed E-state index contributed by atoms with van der Waals surface area (Å²) in [6.45, 7) is 3.63. The fraction of sp³-hybridized carbons (Fsp3) is 0.353. The first-order valence-corrected chi connectivity index (χ1v) is 7.88. The van der Waals surface area contributed by atoms with Crippen LogP contribution in [0.2, 0.25) is 0 Å². The molecule has 1 heterocycles. The van der Waals surface area contributed by atoms with Gasteiger partial charge in [0.2, 0.25) is 0 Å². The molecule has 0 aromatic heterocycles. The van der Waals surface area contributed by atoms with Crippen molar-refractivity contribution in [3.8, 4) is 5.75 Å². The molecule has 8 heteroatoms. The summed E-state index contributed by atoms with van der Waals surface area (Å²) >= 11 is 0. The average molecular weight is 347 g/mol. The van der Waals surface area contributed by atoms with E-state index in [1.807, 2.05) is 0 Å². The number of esters is 1. The van der Waals surface area contributed by atoms with Gasteiger partial charge in [-0.05, 0) is 38.1 Å². The number of rotatable bonds is 6. The lowest BCUT2D eigenvalue weighted by Gasteiger charge is -2.26. The normalized spacial score (nSPS) is 16.6. The van der Waals surface area contributed by atoms with Crippen molar-refractivity contribution in [3.05, 3.63) is 41.1 Å². The number of carbonyl (C=O) groups excluding carboxylic acids is 3. The largest absolute Gasteiger partial charge is 0.487 e. The molecule has 0 saturated carbocycles. The second kappa shape index (κ2) is 8.18. The van der Waals surface area contributed by atoms with Crippen molar-refractivity contribution in [2.24, 2.45) is 0 Å². The molecule has 0 spiro atoms. The maximum atomic E-state index is 12.1. The molecular formula is C17H21N3O5. The Labute approximate surface area is 145 Å². The van der Waals surface area contributed by atoms with Crippen molar-refractivity contribution in [1.29, 1.82) is 0 Å². The lowest BCUT2D eigenvalue weighted by molar-refractivity contribution is -0.139. The summed E-state index contributed by atoms with van der Waals surface area (Å²) in [6, 6.07) is 5.64. The second-order valence-corrected chi connectivity index (χ2v) is 5.33. The molecule has 0 bridgehead atoms. The molecule has 0 radical (unpaired) electrons. The van der Waals surface area contributed by atoms with Crippen LogP contribution in [0.4, 0.5) is 4.79 Å². The van der Waals surface area contributed by atoms with Gasteiger partial charge in [-0.25, -0.2) is 9.59 Å². The van der Waals surface area contributed by atoms with Gasteiger partial charge < -0.3 is 25.4 Å². The number of urea groups is 1. The Morgan fingerprint density at radius 3 is 2.52 bits per heavy atom. The van der Waals surface area contributed by atoms with E-state index in [0.29, 0.717) is 22.6 Å². The summed E-state index contributed by atoms with van der Waals surface area (Å²) < 4.78 is 10.7. The topological polar surface area (TPSA) is 106 Å². The number of nitrogens with one attached hydrogen (secondary N) is 3. The molecule has 3 amide bonds. The minimum atomic E-state index is -0.504. The van der Waals surface area contributed by atoms with E-state index in [-0.39, 0.29) is 19.1 Å². The lowest BCUT2D eigenvalue weighted by atomic mass is 10.0. The van der Waals surface area contributed by atoms with Gasteiger partial charge >= 0.3 is 12.0 Å². The van der Waals surface area contributed by atoms with Crippen LogP contribution in [0.5, 0.6) is 5.75 Å². The van der Waals surface area contributed by atoms with Gasteiger partial charge in [-0.3, -0.25) is 4.79 Å². The van der Waals surface area contributed by atoms with Crippen LogP contribution < -0.4 is 20.7 Å². The summed E-state index contributed by atoms with van der Waals surface area (Å²) in [7, 11) is 1.55. The summed E-state index contributed by atoms with van der Waals surface area (Å²) in [6.07, 6.45) is 0. The Hall–Kier alpha value is -3.03. The highest BCUT2D eigenvalue weighted by atomic mass is 16.5. The fourth-order valence-corrected chi connectivity index (χ4v) is 2.40. The number of amides is 3. The Bertz CT molecular complexity index is 697. The molecule has 25 heavy (non-hydrogen) atoms. The Morgan fingerprint density at radius 1 is 1.24 bits per heavy atom. The van der Waals surface area contributed by atoms with Gasteiger partial charge in [-0.1, -0.05) is 0 Å². The van der Waals surface area contributed by atoms with E-state index in [1.165, 1.54) is 0 Å². The van der Waals surface area contributed by atoms with Crippen LogP contribution in [0.25, 0.3) is 0 Å². The van der Waals surface area contributed by atoms with Crippen molar-refractivity contribution in [2.75, 3.05) is 20.3 Å². The van der Waals surface area contributed by atoms with Crippen molar-refractivity contribution >= 4 is 17.9 Å². The highest BCUT2D eigenvalue weighted by molar-refractivity contribution is 5.95. The molecule has 0 aliphatic carbocycles. The Kier molecular flexibility index (Phi) is 5.99. The smallest absolute Gasteiger partial charge is 0.338 e. The molecule has 134 valence electrons. The maximum absolute atomic E-state index is 12.1. The molecule has 3 N–H and O–H groups in total. The second-order valence-electron chi connectivity index (χ2n) is 5.33. The standard InChI is InChI=1S/C17H21N3O5/c1-4-24-16(22)14-10(2)19-17(23)20-13(14)9-25-12-7-5-11(6-8-12)15(21)18-3/h5-8,10H,4,9H2,1-3H3,(H,18,21)(H2,19,20,23). The predicted octanol–water partition coefficient (Wildman–Crippen LogP) is 0.943. The highest BCUT2D eigenvalue weighted by Crippen LogP contribution is 2.17. The lowest BCUT2D eigenvalue weighted by Crippen LogP contribution is -2.50. The molecule has 2 rings (SSSR count). The molecule has 1 aliphatic rings. The van der Waals surface area contributed by atoms with E-state index in [2.05, 4.69) is 16.0 Å². The quantitative estimate of drug-likeness (QED) is 0.664. The van der Waals surface area contributed by atoms with E-state index in [9.17, 15) is 14.4 Å². The van der Waals surface area contributed by atoms with Crippen LogP contribution in [-0.4, -0.2) is 44.2 Å². The fourth-order valence-electron chi connectivity index (χ4n) is 2.40. The van der Waals surface area contributed by atoms with Crippen LogP contribution in [0.1, 0.15) is 24.2 Å². The summed E-state index contributed by atoms with van der Waals surface area (Å²) in [4.78, 5) is 35.3. The number of hydrogen-bond donors (Lipinski definition) is 3. The first-order chi connectivity index (χ1) is 12.0. The summed E-state index contributed by atoms with van der Waals surface area (Å²) in [5.74, 6) is -0.196. The zero-order valence-corrected chi connectivity index (χ0v) is 14.3. The van der Waals surface area contributed by atoms with E-state index in [4.69, 9.17) is 9.47 Å². The van der Waals surface area contributed by atoms with Crippen LogP contribution in [0.3, 0.4) is 0 Å².